The number of nitrogens with zero attached hydrogens (tertiary/aromatic N) is 5. The van der Waals surface area contributed by atoms with E-state index in [9.17, 15) is 37.2 Å². The average molecular weight is 1050 g/mol. The van der Waals surface area contributed by atoms with Gasteiger partial charge in [0.25, 0.3) is 21.6 Å². The lowest BCUT2D eigenvalue weighted by atomic mass is 9.59. The van der Waals surface area contributed by atoms with Gasteiger partial charge in [-0.05, 0) is 129 Å². The molecular formula is C56H63F3N8O7S. The SMILES string of the molecule is CC(C)c1ccccc1[C@@H]1CN(Cc2c(F)cccc2F)CCN1C1CC2(CCN(c3cc(Oc4cnc5[nH]ccc5c4)c(C(=O)NS(=O)(=O)c4ccc(NCC5CCC(C)(O)CC5)c([N+](=O)[O-])c4)cc3F)CC2)C1. The number of hydrogen-bond donors (Lipinski definition) is 4. The Labute approximate surface area is 434 Å². The minimum atomic E-state index is -4.75. The van der Waals surface area contributed by atoms with Gasteiger partial charge in [-0.1, -0.05) is 44.2 Å². The van der Waals surface area contributed by atoms with Crippen LogP contribution in [0.2, 0.25) is 0 Å². The maximum absolute atomic E-state index is 16.6. The Morgan fingerprint density at radius 1 is 0.933 bits per heavy atom. The zero-order chi connectivity index (χ0) is 52.8. The van der Waals surface area contributed by atoms with Crippen LogP contribution in [-0.4, -0.2) is 95.0 Å². The fourth-order valence-electron chi connectivity index (χ4n) is 11.9. The average Bonchev–Trinajstić information content (AvgIpc) is 3.85. The summed E-state index contributed by atoms with van der Waals surface area (Å²) >= 11 is 0. The van der Waals surface area contributed by atoms with Crippen LogP contribution in [0.5, 0.6) is 11.5 Å². The summed E-state index contributed by atoms with van der Waals surface area (Å²) in [5.41, 5.74) is 1.76. The van der Waals surface area contributed by atoms with E-state index in [-0.39, 0.29) is 64.3 Å². The van der Waals surface area contributed by atoms with Crippen molar-refractivity contribution in [3.05, 3.63) is 147 Å². The van der Waals surface area contributed by atoms with Crippen LogP contribution in [0.15, 0.2) is 102 Å². The van der Waals surface area contributed by atoms with E-state index in [4.69, 9.17) is 4.74 Å². The smallest absolute Gasteiger partial charge is 0.293 e. The fraction of sp³-hybridized carbons (Fsp3) is 0.429. The van der Waals surface area contributed by atoms with Crippen LogP contribution in [0.3, 0.4) is 0 Å². The minimum absolute atomic E-state index is 0.0139. The van der Waals surface area contributed by atoms with Crippen molar-refractivity contribution in [2.24, 2.45) is 11.3 Å². The molecule has 10 rings (SSSR count). The molecule has 2 saturated heterocycles. The van der Waals surface area contributed by atoms with Gasteiger partial charge in [0.1, 0.15) is 40.3 Å². The molecule has 1 amide bonds. The van der Waals surface area contributed by atoms with Crippen molar-refractivity contribution in [2.45, 2.75) is 107 Å². The number of anilines is 2. The molecule has 2 saturated carbocycles. The first-order chi connectivity index (χ1) is 35.8. The quantitative estimate of drug-likeness (QED) is 0.0564. The summed E-state index contributed by atoms with van der Waals surface area (Å²) in [5.74, 6) is -2.55. The fourth-order valence-corrected chi connectivity index (χ4v) is 12.9. The minimum Gasteiger partial charge on any atom is -0.455 e. The summed E-state index contributed by atoms with van der Waals surface area (Å²) in [5, 5.41) is 26.3. The molecule has 4 fully saturated rings. The second kappa shape index (κ2) is 20.9. The van der Waals surface area contributed by atoms with Gasteiger partial charge in [0.15, 0.2) is 0 Å². The topological polar surface area (TPSA) is 186 Å². The number of nitrogens with one attached hydrogen (secondary N) is 3. The molecule has 15 nitrogen and oxygen atoms in total. The number of nitro benzene ring substituents is 1. The number of H-pyrrole nitrogens is 1. The number of carbonyl (C=O) groups excluding carboxylic acids is 1. The van der Waals surface area contributed by atoms with Crippen molar-refractivity contribution in [3.63, 3.8) is 0 Å². The molecule has 4 heterocycles. The second-order valence-electron chi connectivity index (χ2n) is 21.7. The highest BCUT2D eigenvalue weighted by Crippen LogP contribution is 2.54. The number of piperazine rings is 1. The maximum atomic E-state index is 16.6. The van der Waals surface area contributed by atoms with E-state index in [0.717, 1.165) is 63.3 Å². The van der Waals surface area contributed by atoms with Crippen LogP contribution in [0, 0.1) is 38.9 Å². The molecule has 4 aromatic carbocycles. The number of fused-ring (bicyclic) bond motifs is 1. The number of aromatic nitrogens is 2. The zero-order valence-electron chi connectivity index (χ0n) is 42.3. The predicted octanol–water partition coefficient (Wildman–Crippen LogP) is 10.6. The Kier molecular flexibility index (Phi) is 14.5. The Bertz CT molecular complexity index is 3200. The van der Waals surface area contributed by atoms with E-state index in [1.807, 2.05) is 9.62 Å². The van der Waals surface area contributed by atoms with Gasteiger partial charge in [0.2, 0.25) is 0 Å². The number of ether oxygens (including phenoxy) is 1. The van der Waals surface area contributed by atoms with E-state index in [1.165, 1.54) is 47.7 Å². The molecule has 2 aliphatic heterocycles. The Balaban J connectivity index is 0.850. The third-order valence-electron chi connectivity index (χ3n) is 16.3. The van der Waals surface area contributed by atoms with E-state index < -0.39 is 60.1 Å². The number of piperidine rings is 1. The van der Waals surface area contributed by atoms with Crippen molar-refractivity contribution in [1.82, 2.24) is 24.5 Å². The Hall–Kier alpha value is -6.54. The molecule has 0 radical (unpaired) electrons. The Morgan fingerprint density at radius 2 is 1.67 bits per heavy atom. The summed E-state index contributed by atoms with van der Waals surface area (Å²) in [6, 6.07) is 21.9. The number of rotatable bonds is 15. The predicted molar refractivity (Wildman–Crippen MR) is 280 cm³/mol. The number of aromatic amines is 1. The first-order valence-electron chi connectivity index (χ1n) is 25.9. The molecule has 0 bridgehead atoms. The van der Waals surface area contributed by atoms with Gasteiger partial charge in [-0.25, -0.2) is 31.3 Å². The lowest BCUT2D eigenvalue weighted by Gasteiger charge is -2.58. The molecular weight excluding hydrogens is 986 g/mol. The highest BCUT2D eigenvalue weighted by Gasteiger charge is 2.50. The number of pyridine rings is 1. The third kappa shape index (κ3) is 11.1. The molecule has 2 aromatic heterocycles. The highest BCUT2D eigenvalue weighted by molar-refractivity contribution is 7.90. The lowest BCUT2D eigenvalue weighted by molar-refractivity contribution is -0.384. The first kappa shape index (κ1) is 51.9. The number of nitro groups is 1. The highest BCUT2D eigenvalue weighted by atomic mass is 32.2. The van der Waals surface area contributed by atoms with Crippen molar-refractivity contribution >= 4 is 44.0 Å². The van der Waals surface area contributed by atoms with E-state index in [1.54, 1.807) is 25.3 Å². The number of carbonyl (C=O) groups is 1. The number of benzene rings is 4. The van der Waals surface area contributed by atoms with Crippen molar-refractivity contribution in [1.29, 1.82) is 0 Å². The molecule has 1 atom stereocenters. The summed E-state index contributed by atoms with van der Waals surface area (Å²) in [7, 11) is -4.75. The van der Waals surface area contributed by atoms with Gasteiger partial charge in [0.05, 0.1) is 32.9 Å². The normalized spacial score (nSPS) is 21.6. The molecule has 1 spiro atoms. The second-order valence-corrected chi connectivity index (χ2v) is 23.4. The summed E-state index contributed by atoms with van der Waals surface area (Å²) in [6.45, 7) is 9.74. The van der Waals surface area contributed by atoms with Crippen LogP contribution in [0.1, 0.15) is 111 Å². The maximum Gasteiger partial charge on any atom is 0.293 e. The molecule has 396 valence electrons. The number of hydrogen-bond acceptors (Lipinski definition) is 12. The summed E-state index contributed by atoms with van der Waals surface area (Å²) in [6.07, 6.45) is 9.21. The monoisotopic (exact) mass is 1050 g/mol. The standard InChI is InChI=1S/C56H63F3N8O7S/c1-35(2)41-7-4-5-8-42(41)51-34-64(33-44-45(57)9-6-10-46(44)58)23-24-66(51)38-29-56(30-38)18-21-65(22-19-56)49-28-52(74-39-25-37-15-20-60-53(37)62-32-39)43(27-47(49)59)54(68)63-75(72,73)40-11-12-48(50(26-40)67(70)71)61-31-36-13-16-55(3,69)17-14-36/h4-12,15,20,25-28,32,35-36,38,51,61,69H,13-14,16-19,21-24,29-31,33-34H2,1-3H3,(H,60,62)(H,63,68)/t36?,51-,55?/m0/s1. The van der Waals surface area contributed by atoms with Gasteiger partial charge in [-0.15, -0.1) is 0 Å². The molecule has 2 aliphatic carbocycles. The molecule has 4 N–H and O–H groups in total. The van der Waals surface area contributed by atoms with Crippen molar-refractivity contribution < 1.29 is 41.2 Å². The first-order valence-corrected chi connectivity index (χ1v) is 27.3. The number of halogens is 3. The van der Waals surface area contributed by atoms with Crippen molar-refractivity contribution in [3.8, 4) is 11.5 Å². The van der Waals surface area contributed by atoms with Crippen LogP contribution in [0.4, 0.5) is 30.2 Å². The molecule has 4 aliphatic rings. The largest absolute Gasteiger partial charge is 0.455 e. The molecule has 6 aromatic rings. The van der Waals surface area contributed by atoms with E-state index in [2.05, 4.69) is 63.2 Å². The Morgan fingerprint density at radius 3 is 2.39 bits per heavy atom. The number of amides is 1. The third-order valence-corrected chi connectivity index (χ3v) is 17.6. The van der Waals surface area contributed by atoms with Gasteiger partial charge < -0.3 is 25.0 Å². The van der Waals surface area contributed by atoms with Crippen LogP contribution in [-0.2, 0) is 16.6 Å². The van der Waals surface area contributed by atoms with E-state index >= 15 is 4.39 Å². The lowest BCUT2D eigenvalue weighted by Crippen LogP contribution is -2.60. The molecule has 19 heteroatoms. The van der Waals surface area contributed by atoms with E-state index in [0.29, 0.717) is 56.6 Å². The number of aliphatic hydroxyl groups is 1. The zero-order valence-corrected chi connectivity index (χ0v) is 43.1. The van der Waals surface area contributed by atoms with Crippen LogP contribution in [0.25, 0.3) is 11.0 Å². The van der Waals surface area contributed by atoms with Crippen LogP contribution < -0.4 is 19.7 Å². The number of sulfonamides is 1. The molecule has 75 heavy (non-hydrogen) atoms. The van der Waals surface area contributed by atoms with Crippen LogP contribution >= 0.6 is 0 Å². The van der Waals surface area contributed by atoms with Gasteiger partial charge in [-0.2, -0.15) is 0 Å². The summed E-state index contributed by atoms with van der Waals surface area (Å²) < 4.78 is 82.2. The van der Waals surface area contributed by atoms with Gasteiger partial charge in [0, 0.05) is 87.2 Å². The summed E-state index contributed by atoms with van der Waals surface area (Å²) in [4.78, 5) is 39.1. The van der Waals surface area contributed by atoms with Gasteiger partial charge >= 0.3 is 0 Å². The molecule has 0 unspecified atom stereocenters. The van der Waals surface area contributed by atoms with Crippen molar-refractivity contribution in [2.75, 3.05) is 49.5 Å². The van der Waals surface area contributed by atoms with Gasteiger partial charge in [-0.3, -0.25) is 24.7 Å².